The first-order chi connectivity index (χ1) is 8.20. The molecule has 6 heteroatoms. The van der Waals surface area contributed by atoms with Gasteiger partial charge in [-0.1, -0.05) is 36.1 Å². The molecule has 0 unspecified atom stereocenters. The molecule has 0 atom stereocenters. The topological polar surface area (TPSA) is 56.5 Å². The Balaban J connectivity index is 2.12. The Morgan fingerprint density at radius 1 is 1.47 bits per heavy atom. The molecule has 1 fully saturated rings. The van der Waals surface area contributed by atoms with E-state index in [9.17, 15) is 4.79 Å². The number of thioether (sulfide) groups is 1. The third-order valence-corrected chi connectivity index (χ3v) is 3.43. The average Bonchev–Trinajstić information content (AvgIpc) is 2.67. The van der Waals surface area contributed by atoms with Crippen molar-refractivity contribution >= 4 is 40.4 Å². The van der Waals surface area contributed by atoms with Crippen molar-refractivity contribution in [1.82, 2.24) is 5.01 Å². The minimum absolute atomic E-state index is 0.107. The van der Waals surface area contributed by atoms with Crippen LogP contribution in [0.5, 0.6) is 0 Å². The third kappa shape index (κ3) is 2.70. The van der Waals surface area contributed by atoms with Gasteiger partial charge in [0.05, 0.1) is 23.6 Å². The Morgan fingerprint density at radius 3 is 2.71 bits per heavy atom. The summed E-state index contributed by atoms with van der Waals surface area (Å²) in [6.45, 7) is 0. The van der Waals surface area contributed by atoms with Gasteiger partial charge in [-0.05, 0) is 17.7 Å². The number of benzene rings is 1. The van der Waals surface area contributed by atoms with Crippen molar-refractivity contribution in [3.05, 3.63) is 35.4 Å². The van der Waals surface area contributed by atoms with E-state index in [-0.39, 0.29) is 5.91 Å². The minimum Gasteiger partial charge on any atom is -0.272 e. The van der Waals surface area contributed by atoms with Crippen LogP contribution in [0.4, 0.5) is 0 Å². The average molecular weight is 261 g/mol. The summed E-state index contributed by atoms with van der Waals surface area (Å²) >= 11 is 6.29. The van der Waals surface area contributed by atoms with Crippen molar-refractivity contribution in [3.8, 4) is 6.07 Å². The van der Waals surface area contributed by atoms with Gasteiger partial charge in [-0.25, -0.2) is 0 Å². The monoisotopic (exact) mass is 261 g/mol. The summed E-state index contributed by atoms with van der Waals surface area (Å²) in [5.74, 6) is 0.244. The molecule has 0 aliphatic carbocycles. The van der Waals surface area contributed by atoms with Crippen molar-refractivity contribution in [1.29, 1.82) is 5.26 Å². The maximum atomic E-state index is 11.4. The summed E-state index contributed by atoms with van der Waals surface area (Å²) in [6.07, 6.45) is 1.55. The molecule has 1 saturated heterocycles. The first kappa shape index (κ1) is 11.8. The number of carbonyl (C=O) groups excluding carboxylic acids is 1. The highest BCUT2D eigenvalue weighted by atomic mass is 32.2. The fourth-order valence-corrected chi connectivity index (χ4v) is 2.19. The smallest absolute Gasteiger partial charge is 0.259 e. The molecule has 0 spiro atoms. The number of nitrogens with zero attached hydrogens (tertiary/aromatic N) is 3. The highest BCUT2D eigenvalue weighted by Gasteiger charge is 2.25. The molecule has 2 rings (SSSR count). The molecule has 1 amide bonds. The van der Waals surface area contributed by atoms with E-state index in [0.717, 1.165) is 5.56 Å². The second-order valence-electron chi connectivity index (χ2n) is 3.24. The van der Waals surface area contributed by atoms with Gasteiger partial charge in [0.25, 0.3) is 5.91 Å². The molecule has 0 N–H and O–H groups in total. The maximum Gasteiger partial charge on any atom is 0.259 e. The van der Waals surface area contributed by atoms with Crippen molar-refractivity contribution in [3.63, 3.8) is 0 Å². The van der Waals surface area contributed by atoms with Crippen LogP contribution in [0, 0.1) is 11.3 Å². The van der Waals surface area contributed by atoms with Gasteiger partial charge < -0.3 is 0 Å². The first-order valence-corrected chi connectivity index (χ1v) is 6.14. The van der Waals surface area contributed by atoms with E-state index in [2.05, 4.69) is 5.10 Å². The molecule has 0 radical (unpaired) electrons. The quantitative estimate of drug-likeness (QED) is 0.601. The van der Waals surface area contributed by atoms with Crippen LogP contribution in [-0.4, -0.2) is 27.2 Å². The molecule has 4 nitrogen and oxygen atoms in total. The van der Waals surface area contributed by atoms with E-state index >= 15 is 0 Å². The summed E-state index contributed by atoms with van der Waals surface area (Å²) in [7, 11) is 0. The fraction of sp³-hybridized carbons (Fsp3) is 0.0909. The molecular weight excluding hydrogens is 254 g/mol. The Hall–Kier alpha value is -1.71. The van der Waals surface area contributed by atoms with Gasteiger partial charge in [-0.3, -0.25) is 4.79 Å². The van der Waals surface area contributed by atoms with E-state index in [1.165, 1.54) is 16.8 Å². The largest absolute Gasteiger partial charge is 0.272 e. The molecule has 1 aromatic carbocycles. The third-order valence-electron chi connectivity index (χ3n) is 2.09. The van der Waals surface area contributed by atoms with E-state index in [1.54, 1.807) is 30.5 Å². The second kappa shape index (κ2) is 5.08. The fourth-order valence-electron chi connectivity index (χ4n) is 1.23. The van der Waals surface area contributed by atoms with Crippen LogP contribution in [0.3, 0.4) is 0 Å². The number of amides is 1. The lowest BCUT2D eigenvalue weighted by Gasteiger charge is -2.05. The van der Waals surface area contributed by atoms with Crippen molar-refractivity contribution in [2.45, 2.75) is 0 Å². The molecule has 1 aliphatic heterocycles. The molecule has 0 aromatic heterocycles. The molecule has 84 valence electrons. The number of hydrogen-bond acceptors (Lipinski definition) is 5. The minimum atomic E-state index is -0.107. The van der Waals surface area contributed by atoms with Gasteiger partial charge in [-0.2, -0.15) is 15.4 Å². The number of thiocarbonyl (C=S) groups is 1. The molecule has 1 aliphatic rings. The van der Waals surface area contributed by atoms with Crippen LogP contribution in [-0.2, 0) is 4.79 Å². The van der Waals surface area contributed by atoms with Gasteiger partial charge in [0, 0.05) is 0 Å². The number of hydrogen-bond donors (Lipinski definition) is 0. The maximum absolute atomic E-state index is 11.4. The van der Waals surface area contributed by atoms with E-state index in [1.807, 2.05) is 6.07 Å². The van der Waals surface area contributed by atoms with Crippen LogP contribution >= 0.6 is 24.0 Å². The number of carbonyl (C=O) groups is 1. The molecule has 0 saturated carbocycles. The SMILES string of the molecule is N#Cc1ccc(/C=N/N2C(=O)CSC2=S)cc1. The standard InChI is InChI=1S/C11H7N3OS2/c12-5-8-1-3-9(4-2-8)6-13-14-10(15)7-17-11(14)16/h1-4,6H,7H2/b13-6+. The number of nitriles is 1. The predicted molar refractivity (Wildman–Crippen MR) is 70.7 cm³/mol. The van der Waals surface area contributed by atoms with Crippen molar-refractivity contribution in [2.24, 2.45) is 5.10 Å². The lowest BCUT2D eigenvalue weighted by molar-refractivity contribution is -0.123. The van der Waals surface area contributed by atoms with Gasteiger partial charge >= 0.3 is 0 Å². The first-order valence-electron chi connectivity index (χ1n) is 4.74. The van der Waals surface area contributed by atoms with Crippen LogP contribution in [0.1, 0.15) is 11.1 Å². The highest BCUT2D eigenvalue weighted by Crippen LogP contribution is 2.19. The summed E-state index contributed by atoms with van der Waals surface area (Å²) in [6, 6.07) is 8.95. The Labute approximate surface area is 108 Å². The summed E-state index contributed by atoms with van der Waals surface area (Å²) in [4.78, 5) is 11.4. The number of rotatable bonds is 2. The van der Waals surface area contributed by atoms with Gasteiger partial charge in [0.15, 0.2) is 4.32 Å². The van der Waals surface area contributed by atoms with Crippen molar-refractivity contribution in [2.75, 3.05) is 5.75 Å². The highest BCUT2D eigenvalue weighted by molar-refractivity contribution is 8.23. The van der Waals surface area contributed by atoms with Gasteiger partial charge in [-0.15, -0.1) is 0 Å². The van der Waals surface area contributed by atoms with E-state index in [4.69, 9.17) is 17.5 Å². The zero-order chi connectivity index (χ0) is 12.3. The van der Waals surface area contributed by atoms with Crippen molar-refractivity contribution < 1.29 is 4.79 Å². The lowest BCUT2D eigenvalue weighted by Crippen LogP contribution is -2.22. The molecule has 17 heavy (non-hydrogen) atoms. The predicted octanol–water partition coefficient (Wildman–Crippen LogP) is 1.75. The zero-order valence-corrected chi connectivity index (χ0v) is 10.3. The lowest BCUT2D eigenvalue weighted by atomic mass is 10.2. The molecule has 1 heterocycles. The van der Waals surface area contributed by atoms with Crippen LogP contribution in [0.25, 0.3) is 0 Å². The van der Waals surface area contributed by atoms with E-state index in [0.29, 0.717) is 15.6 Å². The normalized spacial score (nSPS) is 15.6. The summed E-state index contributed by atoms with van der Waals surface area (Å²) in [5, 5.41) is 13.9. The summed E-state index contributed by atoms with van der Waals surface area (Å²) in [5.41, 5.74) is 1.40. The molecular formula is C11H7N3OS2. The molecule has 0 bridgehead atoms. The second-order valence-corrected chi connectivity index (χ2v) is 4.85. The number of hydrazone groups is 1. The summed E-state index contributed by atoms with van der Waals surface area (Å²) < 4.78 is 0.472. The van der Waals surface area contributed by atoms with Crippen LogP contribution in [0.2, 0.25) is 0 Å². The Bertz CT molecular complexity index is 515. The Morgan fingerprint density at radius 2 is 2.18 bits per heavy atom. The van der Waals surface area contributed by atoms with Gasteiger partial charge in [0.1, 0.15) is 0 Å². The molecule has 1 aromatic rings. The van der Waals surface area contributed by atoms with E-state index < -0.39 is 0 Å². The van der Waals surface area contributed by atoms with Gasteiger partial charge in [0.2, 0.25) is 0 Å². The Kier molecular flexibility index (Phi) is 3.52. The zero-order valence-electron chi connectivity index (χ0n) is 8.66. The van der Waals surface area contributed by atoms with Crippen LogP contribution < -0.4 is 0 Å². The van der Waals surface area contributed by atoms with Crippen LogP contribution in [0.15, 0.2) is 29.4 Å².